The lowest BCUT2D eigenvalue weighted by Gasteiger charge is -2.34. The quantitative estimate of drug-likeness (QED) is 0.615. The number of phenolic OH excluding ortho intramolecular Hbond substituents is 2. The monoisotopic (exact) mass is 436 g/mol. The summed E-state index contributed by atoms with van der Waals surface area (Å²) >= 11 is 0. The topological polar surface area (TPSA) is 85.2 Å². The second-order valence-electron chi connectivity index (χ2n) is 8.96. The minimum absolute atomic E-state index is 0.0289. The van der Waals surface area contributed by atoms with Gasteiger partial charge in [-0.1, -0.05) is 17.7 Å². The smallest absolute Gasteiger partial charge is 0.174 e. The maximum Gasteiger partial charge on any atom is 0.174 e. The molecule has 6 nitrogen and oxygen atoms in total. The molecule has 2 aliphatic rings. The number of Topliss-reactive ketones (excluding diaryl/α,β-unsaturated/α-hetero) is 1. The van der Waals surface area contributed by atoms with Crippen LogP contribution in [0.1, 0.15) is 67.3 Å². The van der Waals surface area contributed by atoms with Crippen molar-refractivity contribution in [2.45, 2.75) is 52.2 Å². The van der Waals surface area contributed by atoms with Gasteiger partial charge in [0.25, 0.3) is 0 Å². The lowest BCUT2D eigenvalue weighted by atomic mass is 9.88. The maximum absolute atomic E-state index is 13.2. The number of hydrogen-bond donors (Lipinski definition) is 2. The molecule has 0 radical (unpaired) electrons. The Bertz CT molecular complexity index is 1150. The number of allylic oxidation sites excluding steroid dienone is 2. The number of ketones is 1. The van der Waals surface area contributed by atoms with Crippen molar-refractivity contribution in [3.8, 4) is 28.7 Å². The number of benzene rings is 2. The van der Waals surface area contributed by atoms with Crippen LogP contribution in [-0.4, -0.2) is 28.7 Å². The molecule has 0 amide bonds. The molecule has 4 rings (SSSR count). The summed E-state index contributed by atoms with van der Waals surface area (Å²) in [6.45, 7) is 7.83. The number of fused-ring (bicyclic) bond motifs is 3. The van der Waals surface area contributed by atoms with E-state index in [9.17, 15) is 15.0 Å². The van der Waals surface area contributed by atoms with E-state index in [2.05, 4.69) is 0 Å². The van der Waals surface area contributed by atoms with Crippen LogP contribution in [0.25, 0.3) is 6.08 Å². The molecule has 0 spiro atoms. The van der Waals surface area contributed by atoms with Gasteiger partial charge in [-0.05, 0) is 64.0 Å². The Hall–Kier alpha value is -3.41. The Morgan fingerprint density at radius 2 is 2.00 bits per heavy atom. The van der Waals surface area contributed by atoms with E-state index in [0.29, 0.717) is 40.4 Å². The van der Waals surface area contributed by atoms with Crippen LogP contribution in [0.15, 0.2) is 35.9 Å². The number of ether oxygens (including phenoxy) is 3. The second kappa shape index (κ2) is 7.93. The van der Waals surface area contributed by atoms with Crippen molar-refractivity contribution in [3.63, 3.8) is 0 Å². The first kappa shape index (κ1) is 21.8. The third-order valence-electron chi connectivity index (χ3n) is 5.73. The van der Waals surface area contributed by atoms with Crippen LogP contribution in [0, 0.1) is 0 Å². The molecule has 1 atom stereocenters. The molecule has 32 heavy (non-hydrogen) atoms. The summed E-state index contributed by atoms with van der Waals surface area (Å²) < 4.78 is 17.6. The normalized spacial score (nSPS) is 18.2. The number of aromatic hydroxyl groups is 2. The predicted octanol–water partition coefficient (Wildman–Crippen LogP) is 5.51. The summed E-state index contributed by atoms with van der Waals surface area (Å²) in [6.07, 6.45) is 5.67. The first-order valence-corrected chi connectivity index (χ1v) is 10.6. The van der Waals surface area contributed by atoms with Crippen LogP contribution in [0.2, 0.25) is 0 Å². The molecular weight excluding hydrogens is 408 g/mol. The van der Waals surface area contributed by atoms with E-state index >= 15 is 0 Å². The number of hydrogen-bond acceptors (Lipinski definition) is 6. The summed E-state index contributed by atoms with van der Waals surface area (Å²) in [5.74, 6) is 0.832. The van der Waals surface area contributed by atoms with Crippen molar-refractivity contribution in [1.29, 1.82) is 0 Å². The van der Waals surface area contributed by atoms with Crippen molar-refractivity contribution in [2.24, 2.45) is 0 Å². The van der Waals surface area contributed by atoms with Crippen LogP contribution in [-0.2, 0) is 6.42 Å². The molecule has 6 heteroatoms. The van der Waals surface area contributed by atoms with E-state index in [0.717, 1.165) is 5.57 Å². The van der Waals surface area contributed by atoms with Gasteiger partial charge < -0.3 is 24.4 Å². The Labute approximate surface area is 187 Å². The van der Waals surface area contributed by atoms with Gasteiger partial charge in [0.1, 0.15) is 34.5 Å². The summed E-state index contributed by atoms with van der Waals surface area (Å²) in [4.78, 5) is 13.2. The van der Waals surface area contributed by atoms with Crippen molar-refractivity contribution in [3.05, 3.63) is 58.2 Å². The highest BCUT2D eigenvalue weighted by Crippen LogP contribution is 2.51. The van der Waals surface area contributed by atoms with E-state index in [-0.39, 0.29) is 29.3 Å². The molecule has 0 saturated carbocycles. The molecule has 2 heterocycles. The molecule has 0 bridgehead atoms. The summed E-state index contributed by atoms with van der Waals surface area (Å²) in [5.41, 5.74) is 2.59. The van der Waals surface area contributed by atoms with Gasteiger partial charge >= 0.3 is 0 Å². The Morgan fingerprint density at radius 1 is 1.25 bits per heavy atom. The highest BCUT2D eigenvalue weighted by Gasteiger charge is 2.38. The Morgan fingerprint density at radius 3 is 2.66 bits per heavy atom. The van der Waals surface area contributed by atoms with Crippen LogP contribution in [0.4, 0.5) is 0 Å². The third-order valence-corrected chi connectivity index (χ3v) is 5.73. The first-order valence-electron chi connectivity index (χ1n) is 10.6. The molecule has 0 saturated heterocycles. The molecule has 2 aromatic rings. The lowest BCUT2D eigenvalue weighted by molar-refractivity contribution is 0.0840. The number of methoxy groups -OCH3 is 1. The van der Waals surface area contributed by atoms with Crippen molar-refractivity contribution < 1.29 is 29.2 Å². The van der Waals surface area contributed by atoms with Crippen LogP contribution in [0.3, 0.4) is 0 Å². The highest BCUT2D eigenvalue weighted by molar-refractivity contribution is 6.05. The molecule has 168 valence electrons. The van der Waals surface area contributed by atoms with E-state index in [4.69, 9.17) is 14.2 Å². The van der Waals surface area contributed by atoms with E-state index in [1.165, 1.54) is 13.2 Å². The second-order valence-corrected chi connectivity index (χ2v) is 8.96. The van der Waals surface area contributed by atoms with Crippen molar-refractivity contribution in [2.75, 3.05) is 7.11 Å². The van der Waals surface area contributed by atoms with E-state index in [1.54, 1.807) is 12.1 Å². The standard InChI is InChI=1S/C26H28O6/c1-14(2)6-8-16-23(29)22-19(28)13-21(15-7-9-20(30-5)18(27)12-15)31-25(22)17-10-11-26(3,4)32-24(16)17/h6-7,9-12,21,27,29H,8,13H2,1-5H3/t21-/m0/s1. The molecule has 0 unspecified atom stereocenters. The number of carbonyl (C=O) groups excluding carboxylic acids is 1. The van der Waals surface area contributed by atoms with Crippen molar-refractivity contribution >= 4 is 11.9 Å². The fraction of sp³-hybridized carbons (Fsp3) is 0.346. The average molecular weight is 437 g/mol. The van der Waals surface area contributed by atoms with Gasteiger partial charge in [0.2, 0.25) is 0 Å². The Balaban J connectivity index is 1.85. The lowest BCUT2D eigenvalue weighted by Crippen LogP contribution is -2.30. The van der Waals surface area contributed by atoms with E-state index in [1.807, 2.05) is 45.9 Å². The van der Waals surface area contributed by atoms with Gasteiger partial charge in [0, 0.05) is 5.56 Å². The largest absolute Gasteiger partial charge is 0.507 e. The fourth-order valence-electron chi connectivity index (χ4n) is 4.04. The predicted molar refractivity (Wildman–Crippen MR) is 122 cm³/mol. The number of rotatable bonds is 4. The summed E-state index contributed by atoms with van der Waals surface area (Å²) in [7, 11) is 1.47. The first-order chi connectivity index (χ1) is 15.1. The molecule has 2 aliphatic heterocycles. The third kappa shape index (κ3) is 3.81. The van der Waals surface area contributed by atoms with Gasteiger partial charge in [-0.3, -0.25) is 4.79 Å². The number of carbonyl (C=O) groups is 1. The van der Waals surface area contributed by atoms with Gasteiger partial charge in [-0.25, -0.2) is 0 Å². The maximum atomic E-state index is 13.2. The van der Waals surface area contributed by atoms with Gasteiger partial charge in [-0.15, -0.1) is 0 Å². The molecule has 2 aromatic carbocycles. The highest BCUT2D eigenvalue weighted by atomic mass is 16.5. The molecule has 0 aliphatic carbocycles. The van der Waals surface area contributed by atoms with Crippen LogP contribution in [0.5, 0.6) is 28.7 Å². The molecule has 0 aromatic heterocycles. The molecular formula is C26H28O6. The summed E-state index contributed by atoms with van der Waals surface area (Å²) in [5, 5.41) is 21.3. The molecule has 0 fully saturated rings. The minimum atomic E-state index is -0.609. The fourth-order valence-corrected chi connectivity index (χ4v) is 4.04. The van der Waals surface area contributed by atoms with Crippen LogP contribution >= 0.6 is 0 Å². The van der Waals surface area contributed by atoms with Crippen molar-refractivity contribution in [1.82, 2.24) is 0 Å². The zero-order valence-corrected chi connectivity index (χ0v) is 19.0. The van der Waals surface area contributed by atoms with E-state index < -0.39 is 11.7 Å². The zero-order chi connectivity index (χ0) is 23.2. The van der Waals surface area contributed by atoms with Gasteiger partial charge in [0.05, 0.1) is 19.1 Å². The minimum Gasteiger partial charge on any atom is -0.507 e. The molecule has 2 N–H and O–H groups in total. The van der Waals surface area contributed by atoms with Crippen LogP contribution < -0.4 is 14.2 Å². The SMILES string of the molecule is COc1ccc([C@@H]2CC(=O)c3c(O)c(CC=C(C)C)c4c(c3O2)C=CC(C)(C)O4)cc1O. The average Bonchev–Trinajstić information content (AvgIpc) is 2.72. The van der Waals surface area contributed by atoms with Gasteiger partial charge in [0.15, 0.2) is 17.3 Å². The zero-order valence-electron chi connectivity index (χ0n) is 19.0. The summed E-state index contributed by atoms with van der Waals surface area (Å²) in [6, 6.07) is 4.92. The van der Waals surface area contributed by atoms with Gasteiger partial charge in [-0.2, -0.15) is 0 Å². The Kier molecular flexibility index (Phi) is 5.41. The number of phenols is 2.